The molecule has 0 atom stereocenters. The Labute approximate surface area is 126 Å². The van der Waals surface area contributed by atoms with Crippen LogP contribution in [0, 0.1) is 0 Å². The molecule has 0 aliphatic rings. The number of benzene rings is 2. The number of thioether (sulfide) groups is 1. The molecule has 1 heterocycles. The molecule has 2 aromatic carbocycles. The van der Waals surface area contributed by atoms with Crippen LogP contribution < -0.4 is 5.73 Å². The molecule has 0 amide bonds. The fourth-order valence-electron chi connectivity index (χ4n) is 1.94. The summed E-state index contributed by atoms with van der Waals surface area (Å²) in [7, 11) is 0. The normalized spacial score (nSPS) is 10.8. The highest BCUT2D eigenvalue weighted by Gasteiger charge is 2.07. The van der Waals surface area contributed by atoms with Crippen molar-refractivity contribution < 1.29 is 0 Å². The van der Waals surface area contributed by atoms with Gasteiger partial charge in [0.1, 0.15) is 5.03 Å². The van der Waals surface area contributed by atoms with Crippen LogP contribution in [0.3, 0.4) is 0 Å². The number of nitrogens with two attached hydrogens (primary N) is 1. The molecule has 3 rings (SSSR count). The van der Waals surface area contributed by atoms with Gasteiger partial charge in [0.2, 0.25) is 5.95 Å². The molecule has 1 aromatic heterocycles. The van der Waals surface area contributed by atoms with Crippen molar-refractivity contribution in [2.75, 3.05) is 5.73 Å². The van der Waals surface area contributed by atoms with E-state index in [0.29, 0.717) is 5.95 Å². The fourth-order valence-corrected chi connectivity index (χ4v) is 3.25. The fraction of sp³-hybridized carbons (Fsp3) is 0.0667. The van der Waals surface area contributed by atoms with Gasteiger partial charge in [0.25, 0.3) is 0 Å². The maximum Gasteiger partial charge on any atom is 0.221 e. The lowest BCUT2D eigenvalue weighted by Crippen LogP contribution is -1.97. The van der Waals surface area contributed by atoms with Gasteiger partial charge in [0, 0.05) is 16.2 Å². The van der Waals surface area contributed by atoms with Gasteiger partial charge in [-0.05, 0) is 17.7 Å². The van der Waals surface area contributed by atoms with Crippen LogP contribution in [-0.2, 0) is 5.75 Å². The Morgan fingerprint density at radius 2 is 1.75 bits per heavy atom. The Bertz CT molecular complexity index is 761. The van der Waals surface area contributed by atoms with Crippen molar-refractivity contribution >= 4 is 40.2 Å². The third kappa shape index (κ3) is 2.71. The smallest absolute Gasteiger partial charge is 0.221 e. The zero-order valence-electron chi connectivity index (χ0n) is 10.6. The molecule has 2 N–H and O–H groups in total. The van der Waals surface area contributed by atoms with E-state index in [1.807, 2.05) is 48.5 Å². The highest BCUT2D eigenvalue weighted by Crippen LogP contribution is 2.30. The molecular weight excluding hydrogens is 290 g/mol. The maximum atomic E-state index is 6.17. The van der Waals surface area contributed by atoms with E-state index in [2.05, 4.69) is 9.97 Å². The molecule has 3 aromatic rings. The minimum Gasteiger partial charge on any atom is -0.368 e. The van der Waals surface area contributed by atoms with Gasteiger partial charge < -0.3 is 5.73 Å². The molecule has 0 fully saturated rings. The predicted molar refractivity (Wildman–Crippen MR) is 85.0 cm³/mol. The molecule has 5 heteroatoms. The molecule has 0 saturated carbocycles. The SMILES string of the molecule is Nc1nc(SCc2ccccc2Cl)c2ccccc2n1. The predicted octanol–water partition coefficient (Wildman–Crippen LogP) is 4.16. The van der Waals surface area contributed by atoms with Gasteiger partial charge in [-0.1, -0.05) is 48.0 Å². The molecule has 0 spiro atoms. The third-order valence-electron chi connectivity index (χ3n) is 2.91. The molecule has 0 radical (unpaired) electrons. The van der Waals surface area contributed by atoms with Crippen LogP contribution >= 0.6 is 23.4 Å². The van der Waals surface area contributed by atoms with Gasteiger partial charge >= 0.3 is 0 Å². The van der Waals surface area contributed by atoms with Crippen LogP contribution in [0.25, 0.3) is 10.9 Å². The molecular formula is C15H12ClN3S. The number of hydrogen-bond donors (Lipinski definition) is 1. The van der Waals surface area contributed by atoms with E-state index in [9.17, 15) is 0 Å². The third-order valence-corrected chi connectivity index (χ3v) is 4.32. The van der Waals surface area contributed by atoms with Gasteiger partial charge in [-0.15, -0.1) is 11.8 Å². The second kappa shape index (κ2) is 5.69. The minimum absolute atomic E-state index is 0.297. The standard InChI is InChI=1S/C15H12ClN3S/c16-12-7-3-1-5-10(12)9-20-14-11-6-2-4-8-13(11)18-15(17)19-14/h1-8H,9H2,(H2,17,18,19). The Hall–Kier alpha value is -1.78. The number of halogens is 1. The van der Waals surface area contributed by atoms with Gasteiger partial charge in [-0.3, -0.25) is 0 Å². The molecule has 0 aliphatic carbocycles. The summed E-state index contributed by atoms with van der Waals surface area (Å²) < 4.78 is 0. The number of fused-ring (bicyclic) bond motifs is 1. The zero-order valence-corrected chi connectivity index (χ0v) is 12.2. The van der Waals surface area contributed by atoms with E-state index in [4.69, 9.17) is 17.3 Å². The lowest BCUT2D eigenvalue weighted by molar-refractivity contribution is 1.12. The average molecular weight is 302 g/mol. The van der Waals surface area contributed by atoms with E-state index in [-0.39, 0.29) is 0 Å². The second-order valence-electron chi connectivity index (χ2n) is 4.28. The van der Waals surface area contributed by atoms with Gasteiger partial charge in [-0.25, -0.2) is 9.97 Å². The van der Waals surface area contributed by atoms with Crippen molar-refractivity contribution in [2.45, 2.75) is 10.8 Å². The average Bonchev–Trinajstić information content (AvgIpc) is 2.46. The van der Waals surface area contributed by atoms with Gasteiger partial charge in [-0.2, -0.15) is 0 Å². The molecule has 100 valence electrons. The van der Waals surface area contributed by atoms with Crippen molar-refractivity contribution in [3.63, 3.8) is 0 Å². The van der Waals surface area contributed by atoms with E-state index in [1.54, 1.807) is 11.8 Å². The number of hydrogen-bond acceptors (Lipinski definition) is 4. The summed E-state index contributed by atoms with van der Waals surface area (Å²) in [5, 5.41) is 2.66. The summed E-state index contributed by atoms with van der Waals surface area (Å²) in [6.45, 7) is 0. The number of anilines is 1. The second-order valence-corrected chi connectivity index (χ2v) is 5.66. The quantitative estimate of drug-likeness (QED) is 0.583. The number of rotatable bonds is 3. The first-order valence-electron chi connectivity index (χ1n) is 6.12. The van der Waals surface area contributed by atoms with E-state index in [0.717, 1.165) is 32.3 Å². The Morgan fingerprint density at radius 1 is 1.00 bits per heavy atom. The Kier molecular flexibility index (Phi) is 3.76. The summed E-state index contributed by atoms with van der Waals surface area (Å²) in [6, 6.07) is 15.7. The van der Waals surface area contributed by atoms with E-state index in [1.165, 1.54) is 0 Å². The minimum atomic E-state index is 0.297. The number of para-hydroxylation sites is 1. The summed E-state index contributed by atoms with van der Waals surface area (Å²) in [4.78, 5) is 8.57. The first-order valence-corrected chi connectivity index (χ1v) is 7.49. The van der Waals surface area contributed by atoms with Gasteiger partial charge in [0.05, 0.1) is 5.52 Å². The van der Waals surface area contributed by atoms with Crippen molar-refractivity contribution in [2.24, 2.45) is 0 Å². The molecule has 0 bridgehead atoms. The molecule has 20 heavy (non-hydrogen) atoms. The van der Waals surface area contributed by atoms with Crippen molar-refractivity contribution in [1.82, 2.24) is 9.97 Å². The number of aromatic nitrogens is 2. The van der Waals surface area contributed by atoms with Crippen LogP contribution in [0.4, 0.5) is 5.95 Å². The van der Waals surface area contributed by atoms with Crippen LogP contribution in [-0.4, -0.2) is 9.97 Å². The number of nitrogens with zero attached hydrogens (tertiary/aromatic N) is 2. The van der Waals surface area contributed by atoms with E-state index < -0.39 is 0 Å². The van der Waals surface area contributed by atoms with E-state index >= 15 is 0 Å². The van der Waals surface area contributed by atoms with Crippen molar-refractivity contribution in [1.29, 1.82) is 0 Å². The lowest BCUT2D eigenvalue weighted by Gasteiger charge is -2.07. The van der Waals surface area contributed by atoms with Crippen molar-refractivity contribution in [3.05, 3.63) is 59.1 Å². The molecule has 0 unspecified atom stereocenters. The molecule has 0 saturated heterocycles. The van der Waals surface area contributed by atoms with Crippen LogP contribution in [0.5, 0.6) is 0 Å². The van der Waals surface area contributed by atoms with Crippen LogP contribution in [0.1, 0.15) is 5.56 Å². The first kappa shape index (κ1) is 13.2. The summed E-state index contributed by atoms with van der Waals surface area (Å²) in [6.07, 6.45) is 0. The first-order chi connectivity index (χ1) is 9.74. The highest BCUT2D eigenvalue weighted by atomic mass is 35.5. The molecule has 3 nitrogen and oxygen atoms in total. The topological polar surface area (TPSA) is 51.8 Å². The van der Waals surface area contributed by atoms with Gasteiger partial charge in [0.15, 0.2) is 0 Å². The molecule has 0 aliphatic heterocycles. The monoisotopic (exact) mass is 301 g/mol. The maximum absolute atomic E-state index is 6.17. The highest BCUT2D eigenvalue weighted by molar-refractivity contribution is 7.98. The zero-order chi connectivity index (χ0) is 13.9. The van der Waals surface area contributed by atoms with Crippen LogP contribution in [0.2, 0.25) is 5.02 Å². The Morgan fingerprint density at radius 3 is 2.60 bits per heavy atom. The summed E-state index contributed by atoms with van der Waals surface area (Å²) >= 11 is 7.78. The summed E-state index contributed by atoms with van der Waals surface area (Å²) in [5.41, 5.74) is 7.71. The largest absolute Gasteiger partial charge is 0.368 e. The lowest BCUT2D eigenvalue weighted by atomic mass is 10.2. The summed E-state index contributed by atoms with van der Waals surface area (Å²) in [5.74, 6) is 1.05. The Balaban J connectivity index is 1.93. The van der Waals surface area contributed by atoms with Crippen LogP contribution in [0.15, 0.2) is 53.6 Å². The van der Waals surface area contributed by atoms with Crippen molar-refractivity contribution in [3.8, 4) is 0 Å². The number of nitrogen functional groups attached to an aromatic ring is 1.